The summed E-state index contributed by atoms with van der Waals surface area (Å²) in [5, 5.41) is 13.8. The van der Waals surface area contributed by atoms with E-state index in [1.807, 2.05) is 0 Å². The van der Waals surface area contributed by atoms with Gasteiger partial charge in [-0.3, -0.25) is 14.6 Å². The highest BCUT2D eigenvalue weighted by atomic mass is 19.4. The molecule has 206 valence electrons. The number of hydrogen-bond acceptors (Lipinski definition) is 6. The molecule has 0 saturated heterocycles. The number of pyridine rings is 2. The minimum atomic E-state index is -5.33. The van der Waals surface area contributed by atoms with Crippen molar-refractivity contribution >= 4 is 22.7 Å². The molecular weight excluding hydrogens is 532 g/mol. The van der Waals surface area contributed by atoms with Gasteiger partial charge in [0.25, 0.3) is 5.91 Å². The summed E-state index contributed by atoms with van der Waals surface area (Å²) in [6.45, 7) is -0.210. The van der Waals surface area contributed by atoms with E-state index in [2.05, 4.69) is 15.3 Å². The zero-order valence-electron chi connectivity index (χ0n) is 20.9. The summed E-state index contributed by atoms with van der Waals surface area (Å²) in [6, 6.07) is 13.9. The molecule has 0 bridgehead atoms. The predicted octanol–water partition coefficient (Wildman–Crippen LogP) is 3.75. The number of benzene rings is 2. The van der Waals surface area contributed by atoms with E-state index in [0.717, 1.165) is 18.2 Å². The Balaban J connectivity index is 1.58. The lowest BCUT2D eigenvalue weighted by atomic mass is 9.81. The fraction of sp³-hybridized carbons (Fsp3) is 0.214. The number of para-hydroxylation sites is 1. The van der Waals surface area contributed by atoms with Crippen molar-refractivity contribution in [1.29, 1.82) is 0 Å². The number of nitrogens with one attached hydrogen (secondary N) is 1. The molecule has 2 amide bonds. The molecule has 0 fully saturated rings. The fourth-order valence-electron chi connectivity index (χ4n) is 4.44. The molecule has 0 unspecified atom stereocenters. The van der Waals surface area contributed by atoms with Crippen LogP contribution in [0.1, 0.15) is 28.5 Å². The van der Waals surface area contributed by atoms with Gasteiger partial charge in [0.1, 0.15) is 29.3 Å². The number of ether oxygens (including phenoxy) is 1. The number of carbonyl (C=O) groups is 2. The topological polar surface area (TPSA) is 127 Å². The molecule has 40 heavy (non-hydrogen) atoms. The number of nitrogens with zero attached hydrogens (tertiary/aromatic N) is 2. The first kappa shape index (κ1) is 27.0. The monoisotopic (exact) mass is 554 g/mol. The first-order valence-corrected chi connectivity index (χ1v) is 12.0. The van der Waals surface area contributed by atoms with E-state index in [1.54, 1.807) is 24.3 Å². The number of alkyl halides is 3. The normalized spacial score (nSPS) is 18.1. The molecule has 2 aromatic heterocycles. The average Bonchev–Trinajstić information content (AvgIpc) is 3.28. The zero-order valence-corrected chi connectivity index (χ0v) is 20.9. The fourth-order valence-corrected chi connectivity index (χ4v) is 4.44. The van der Waals surface area contributed by atoms with Gasteiger partial charge in [-0.05, 0) is 49.4 Å². The van der Waals surface area contributed by atoms with Crippen LogP contribution in [0.4, 0.5) is 17.6 Å². The molecule has 0 radical (unpaired) electrons. The third-order valence-corrected chi connectivity index (χ3v) is 6.98. The third kappa shape index (κ3) is 4.49. The maximum atomic E-state index is 14.5. The second-order valence-electron chi connectivity index (χ2n) is 9.68. The highest BCUT2D eigenvalue weighted by molar-refractivity contribution is 5.97. The molecule has 5 rings (SSSR count). The highest BCUT2D eigenvalue weighted by Crippen LogP contribution is 2.47. The van der Waals surface area contributed by atoms with Crippen molar-refractivity contribution in [3.8, 4) is 17.0 Å². The summed E-state index contributed by atoms with van der Waals surface area (Å²) >= 11 is 0. The molecule has 1 aliphatic heterocycles. The molecule has 4 N–H and O–H groups in total. The minimum absolute atomic E-state index is 0.0209. The van der Waals surface area contributed by atoms with Crippen LogP contribution >= 0.6 is 0 Å². The van der Waals surface area contributed by atoms with Gasteiger partial charge in [0.05, 0.1) is 23.3 Å². The summed E-state index contributed by atoms with van der Waals surface area (Å²) in [4.78, 5) is 33.4. The first-order chi connectivity index (χ1) is 18.8. The van der Waals surface area contributed by atoms with E-state index < -0.39 is 47.1 Å². The van der Waals surface area contributed by atoms with Crippen LogP contribution in [-0.4, -0.2) is 46.2 Å². The standard InChI is InChI=1S/C28H22F4N4O4/c1-26(25(33)38)14-40-23-19(26)11-21(36-22(23)15-6-8-18(29)9-7-15)27(39,28(30,31)32)13-35-24(37)17-10-16-4-2-3-5-20(16)34-12-17/h2-12,39H,13-14H2,1H3,(H2,33,38)(H,35,37)/t26-,27-/m0/s1. The van der Waals surface area contributed by atoms with Crippen LogP contribution in [0.2, 0.25) is 0 Å². The van der Waals surface area contributed by atoms with Gasteiger partial charge in [0.15, 0.2) is 0 Å². The molecule has 0 spiro atoms. The minimum Gasteiger partial charge on any atom is -0.489 e. The molecule has 1 aliphatic rings. The lowest BCUT2D eigenvalue weighted by Gasteiger charge is -2.31. The average molecular weight is 555 g/mol. The molecule has 3 heterocycles. The molecule has 4 aromatic rings. The van der Waals surface area contributed by atoms with Crippen LogP contribution in [0.3, 0.4) is 0 Å². The maximum Gasteiger partial charge on any atom is 0.424 e. The van der Waals surface area contributed by atoms with E-state index in [9.17, 15) is 32.3 Å². The molecule has 0 aliphatic carbocycles. The summed E-state index contributed by atoms with van der Waals surface area (Å²) < 4.78 is 62.8. The Hall–Kier alpha value is -4.58. The summed E-state index contributed by atoms with van der Waals surface area (Å²) in [5.41, 5.74) is -0.0460. The van der Waals surface area contributed by atoms with Crippen LogP contribution in [-0.2, 0) is 15.8 Å². The van der Waals surface area contributed by atoms with Crippen molar-refractivity contribution < 1.29 is 37.0 Å². The zero-order chi connectivity index (χ0) is 28.9. The van der Waals surface area contributed by atoms with Crippen molar-refractivity contribution in [2.45, 2.75) is 24.1 Å². The Morgan fingerprint density at radius 2 is 1.82 bits per heavy atom. The number of amides is 2. The van der Waals surface area contributed by atoms with Crippen molar-refractivity contribution in [2.24, 2.45) is 5.73 Å². The van der Waals surface area contributed by atoms with Gasteiger partial charge in [-0.25, -0.2) is 9.37 Å². The number of rotatable bonds is 6. The third-order valence-electron chi connectivity index (χ3n) is 6.98. The first-order valence-electron chi connectivity index (χ1n) is 12.0. The van der Waals surface area contributed by atoms with Gasteiger partial charge in [0, 0.05) is 22.7 Å². The lowest BCUT2D eigenvalue weighted by Crippen LogP contribution is -2.51. The van der Waals surface area contributed by atoms with E-state index in [-0.39, 0.29) is 34.7 Å². The molecule has 12 heteroatoms. The number of carbonyl (C=O) groups excluding carboxylic acids is 2. The SMILES string of the molecule is C[C@]1(C(N)=O)COc2c1cc([C@@](O)(CNC(=O)c1cnc3ccccc3c1)C(F)(F)F)nc2-c1ccc(F)cc1. The number of aromatic nitrogens is 2. The van der Waals surface area contributed by atoms with Gasteiger partial charge in [-0.2, -0.15) is 13.2 Å². The van der Waals surface area contributed by atoms with E-state index >= 15 is 0 Å². The van der Waals surface area contributed by atoms with E-state index in [1.165, 1.54) is 31.3 Å². The summed E-state index contributed by atoms with van der Waals surface area (Å²) in [5.74, 6) is -2.41. The number of primary amides is 1. The molecular formula is C28H22F4N4O4. The van der Waals surface area contributed by atoms with Gasteiger partial charge in [-0.1, -0.05) is 18.2 Å². The number of nitrogens with two attached hydrogens (primary N) is 1. The Kier molecular flexibility index (Phi) is 6.45. The smallest absolute Gasteiger partial charge is 0.424 e. The van der Waals surface area contributed by atoms with Crippen LogP contribution < -0.4 is 15.8 Å². The van der Waals surface area contributed by atoms with Gasteiger partial charge < -0.3 is 20.9 Å². The Labute approximate surface area is 224 Å². The van der Waals surface area contributed by atoms with Crippen LogP contribution in [0.5, 0.6) is 5.75 Å². The van der Waals surface area contributed by atoms with Crippen molar-refractivity contribution in [3.05, 3.63) is 89.5 Å². The van der Waals surface area contributed by atoms with Crippen molar-refractivity contribution in [3.63, 3.8) is 0 Å². The van der Waals surface area contributed by atoms with E-state index in [0.29, 0.717) is 10.9 Å². The number of hydrogen-bond donors (Lipinski definition) is 3. The van der Waals surface area contributed by atoms with Crippen LogP contribution in [0.25, 0.3) is 22.2 Å². The van der Waals surface area contributed by atoms with Gasteiger partial charge in [-0.15, -0.1) is 0 Å². The second kappa shape index (κ2) is 9.56. The van der Waals surface area contributed by atoms with Gasteiger partial charge >= 0.3 is 6.18 Å². The lowest BCUT2D eigenvalue weighted by molar-refractivity contribution is -0.265. The summed E-state index contributed by atoms with van der Waals surface area (Å²) in [7, 11) is 0. The van der Waals surface area contributed by atoms with Gasteiger partial charge in [0.2, 0.25) is 11.5 Å². The van der Waals surface area contributed by atoms with Crippen LogP contribution in [0.15, 0.2) is 66.9 Å². The second-order valence-corrected chi connectivity index (χ2v) is 9.68. The molecule has 2 atom stereocenters. The molecule has 8 nitrogen and oxygen atoms in total. The highest BCUT2D eigenvalue weighted by Gasteiger charge is 2.57. The number of aliphatic hydroxyl groups is 1. The van der Waals surface area contributed by atoms with Crippen molar-refractivity contribution in [1.82, 2.24) is 15.3 Å². The number of halogens is 4. The van der Waals surface area contributed by atoms with Crippen LogP contribution in [0, 0.1) is 5.82 Å². The Morgan fingerprint density at radius 3 is 2.50 bits per heavy atom. The largest absolute Gasteiger partial charge is 0.489 e. The predicted molar refractivity (Wildman–Crippen MR) is 136 cm³/mol. The van der Waals surface area contributed by atoms with Crippen molar-refractivity contribution in [2.75, 3.05) is 13.2 Å². The Bertz CT molecular complexity index is 1640. The quantitative estimate of drug-likeness (QED) is 0.312. The molecule has 0 saturated carbocycles. The van der Waals surface area contributed by atoms with E-state index in [4.69, 9.17) is 10.5 Å². The molecule has 2 aromatic carbocycles. The number of fused-ring (bicyclic) bond motifs is 2. The summed E-state index contributed by atoms with van der Waals surface area (Å²) in [6.07, 6.45) is -4.12. The maximum absolute atomic E-state index is 14.5. The Morgan fingerprint density at radius 1 is 1.12 bits per heavy atom.